The highest BCUT2D eigenvalue weighted by molar-refractivity contribution is 5.60. The van der Waals surface area contributed by atoms with Crippen LogP contribution in [0.25, 0.3) is 11.3 Å². The van der Waals surface area contributed by atoms with Crippen LogP contribution in [0.5, 0.6) is 5.88 Å². The van der Waals surface area contributed by atoms with Crippen molar-refractivity contribution < 1.29 is 4.74 Å². The predicted octanol–water partition coefficient (Wildman–Crippen LogP) is 2.63. The molecule has 0 fully saturated rings. The molecule has 0 saturated carbocycles. The molecule has 2 aromatic rings. The van der Waals surface area contributed by atoms with Crippen molar-refractivity contribution in [3.63, 3.8) is 0 Å². The van der Waals surface area contributed by atoms with E-state index in [2.05, 4.69) is 11.1 Å². The number of hydrogen-bond acceptors (Lipinski definition) is 3. The van der Waals surface area contributed by atoms with E-state index in [1.54, 1.807) is 25.3 Å². The molecule has 0 N–H and O–H groups in total. The maximum absolute atomic E-state index is 8.70. The molecule has 78 valence electrons. The third-order valence-corrected chi connectivity index (χ3v) is 2.24. The van der Waals surface area contributed by atoms with Crippen molar-refractivity contribution in [2.45, 2.75) is 0 Å². The topological polar surface area (TPSA) is 45.9 Å². The number of aromatic nitrogens is 1. The van der Waals surface area contributed by atoms with Gasteiger partial charge in [0.15, 0.2) is 0 Å². The van der Waals surface area contributed by atoms with Gasteiger partial charge >= 0.3 is 0 Å². The number of nitriles is 1. The number of hydrogen-bond donors (Lipinski definition) is 0. The standard InChI is InChI=1S/C13H10N2O/c1-16-13-4-2-3-12(15-13)11-7-5-10(9-14)6-8-11/h2-8H,1H3. The van der Waals surface area contributed by atoms with Gasteiger partial charge in [-0.15, -0.1) is 0 Å². The van der Waals surface area contributed by atoms with Gasteiger partial charge in [-0.3, -0.25) is 0 Å². The molecule has 3 heteroatoms. The van der Waals surface area contributed by atoms with Gasteiger partial charge in [-0.05, 0) is 18.2 Å². The van der Waals surface area contributed by atoms with Gasteiger partial charge in [0.25, 0.3) is 0 Å². The van der Waals surface area contributed by atoms with E-state index in [0.29, 0.717) is 11.4 Å². The lowest BCUT2D eigenvalue weighted by atomic mass is 10.1. The lowest BCUT2D eigenvalue weighted by molar-refractivity contribution is 0.398. The molecule has 1 aromatic carbocycles. The summed E-state index contributed by atoms with van der Waals surface area (Å²) in [6.45, 7) is 0. The molecular formula is C13H10N2O. The first-order valence-corrected chi connectivity index (χ1v) is 4.85. The number of nitrogens with zero attached hydrogens (tertiary/aromatic N) is 2. The fraction of sp³-hybridized carbons (Fsp3) is 0.0769. The summed E-state index contributed by atoms with van der Waals surface area (Å²) >= 11 is 0. The quantitative estimate of drug-likeness (QED) is 0.765. The summed E-state index contributed by atoms with van der Waals surface area (Å²) in [4.78, 5) is 4.31. The molecule has 0 aliphatic heterocycles. The highest BCUT2D eigenvalue weighted by Gasteiger charge is 2.00. The van der Waals surface area contributed by atoms with Crippen LogP contribution in [0.1, 0.15) is 5.56 Å². The van der Waals surface area contributed by atoms with Crippen LogP contribution in [0.4, 0.5) is 0 Å². The Bertz CT molecular complexity index is 526. The lowest BCUT2D eigenvalue weighted by Gasteiger charge is -2.03. The Morgan fingerprint density at radius 1 is 1.12 bits per heavy atom. The Morgan fingerprint density at radius 3 is 2.50 bits per heavy atom. The molecule has 0 radical (unpaired) electrons. The maximum atomic E-state index is 8.70. The highest BCUT2D eigenvalue weighted by Crippen LogP contribution is 2.19. The summed E-state index contributed by atoms with van der Waals surface area (Å²) in [6, 6.07) is 15.0. The van der Waals surface area contributed by atoms with E-state index in [0.717, 1.165) is 11.3 Å². The maximum Gasteiger partial charge on any atom is 0.213 e. The number of benzene rings is 1. The molecule has 1 aromatic heterocycles. The third-order valence-electron chi connectivity index (χ3n) is 2.24. The molecule has 0 atom stereocenters. The SMILES string of the molecule is COc1cccc(-c2ccc(C#N)cc2)n1. The van der Waals surface area contributed by atoms with Crippen LogP contribution in [-0.4, -0.2) is 12.1 Å². The van der Waals surface area contributed by atoms with Gasteiger partial charge < -0.3 is 4.74 Å². The van der Waals surface area contributed by atoms with Gasteiger partial charge in [-0.1, -0.05) is 18.2 Å². The number of pyridine rings is 1. The number of rotatable bonds is 2. The van der Waals surface area contributed by atoms with Crippen molar-refractivity contribution in [2.75, 3.05) is 7.11 Å². The van der Waals surface area contributed by atoms with Gasteiger partial charge in [0.1, 0.15) is 0 Å². The second-order valence-electron chi connectivity index (χ2n) is 3.25. The fourth-order valence-electron chi connectivity index (χ4n) is 1.40. The molecule has 0 aliphatic carbocycles. The van der Waals surface area contributed by atoms with E-state index < -0.39 is 0 Å². The van der Waals surface area contributed by atoms with Crippen molar-refractivity contribution in [3.05, 3.63) is 48.0 Å². The second-order valence-corrected chi connectivity index (χ2v) is 3.25. The zero-order valence-corrected chi connectivity index (χ0v) is 8.84. The fourth-order valence-corrected chi connectivity index (χ4v) is 1.40. The van der Waals surface area contributed by atoms with Gasteiger partial charge in [0.05, 0.1) is 24.4 Å². The van der Waals surface area contributed by atoms with Crippen molar-refractivity contribution in [2.24, 2.45) is 0 Å². The Hall–Kier alpha value is -2.34. The highest BCUT2D eigenvalue weighted by atomic mass is 16.5. The molecule has 0 unspecified atom stereocenters. The average molecular weight is 210 g/mol. The molecular weight excluding hydrogens is 200 g/mol. The van der Waals surface area contributed by atoms with Crippen molar-refractivity contribution in [3.8, 4) is 23.2 Å². The van der Waals surface area contributed by atoms with Crippen LogP contribution >= 0.6 is 0 Å². The second kappa shape index (κ2) is 4.45. The Morgan fingerprint density at radius 2 is 1.88 bits per heavy atom. The zero-order valence-electron chi connectivity index (χ0n) is 8.84. The molecule has 16 heavy (non-hydrogen) atoms. The largest absolute Gasteiger partial charge is 0.481 e. The van der Waals surface area contributed by atoms with Gasteiger partial charge in [-0.25, -0.2) is 4.98 Å². The summed E-state index contributed by atoms with van der Waals surface area (Å²) in [5, 5.41) is 8.70. The number of ether oxygens (including phenoxy) is 1. The van der Waals surface area contributed by atoms with E-state index in [4.69, 9.17) is 10.00 Å². The molecule has 0 saturated heterocycles. The summed E-state index contributed by atoms with van der Waals surface area (Å²) in [5.41, 5.74) is 2.45. The van der Waals surface area contributed by atoms with E-state index >= 15 is 0 Å². The summed E-state index contributed by atoms with van der Waals surface area (Å²) in [7, 11) is 1.59. The van der Waals surface area contributed by atoms with Crippen LogP contribution in [0.15, 0.2) is 42.5 Å². The average Bonchev–Trinajstić information content (AvgIpc) is 2.39. The van der Waals surface area contributed by atoms with Crippen LogP contribution in [0.2, 0.25) is 0 Å². The molecule has 0 bridgehead atoms. The van der Waals surface area contributed by atoms with E-state index in [-0.39, 0.29) is 0 Å². The van der Waals surface area contributed by atoms with Crippen LogP contribution in [0, 0.1) is 11.3 Å². The van der Waals surface area contributed by atoms with Crippen LogP contribution < -0.4 is 4.74 Å². The summed E-state index contributed by atoms with van der Waals surface area (Å²) in [6.07, 6.45) is 0. The zero-order chi connectivity index (χ0) is 11.4. The monoisotopic (exact) mass is 210 g/mol. The summed E-state index contributed by atoms with van der Waals surface area (Å²) < 4.78 is 5.06. The first-order valence-electron chi connectivity index (χ1n) is 4.85. The third kappa shape index (κ3) is 2.01. The normalized spacial score (nSPS) is 9.50. The first kappa shape index (κ1) is 10.2. The van der Waals surface area contributed by atoms with Gasteiger partial charge in [0.2, 0.25) is 5.88 Å². The van der Waals surface area contributed by atoms with E-state index in [9.17, 15) is 0 Å². The Kier molecular flexibility index (Phi) is 2.84. The molecule has 0 spiro atoms. The van der Waals surface area contributed by atoms with E-state index in [1.165, 1.54) is 0 Å². The van der Waals surface area contributed by atoms with Crippen LogP contribution in [-0.2, 0) is 0 Å². The van der Waals surface area contributed by atoms with Crippen LogP contribution in [0.3, 0.4) is 0 Å². The minimum atomic E-state index is 0.585. The van der Waals surface area contributed by atoms with Crippen molar-refractivity contribution in [1.29, 1.82) is 5.26 Å². The Labute approximate surface area is 93.9 Å². The molecule has 2 rings (SSSR count). The van der Waals surface area contributed by atoms with E-state index in [1.807, 2.05) is 24.3 Å². The van der Waals surface area contributed by atoms with Crippen molar-refractivity contribution >= 4 is 0 Å². The molecule has 1 heterocycles. The van der Waals surface area contributed by atoms with Gasteiger partial charge in [-0.2, -0.15) is 5.26 Å². The summed E-state index contributed by atoms with van der Waals surface area (Å²) in [5.74, 6) is 0.585. The first-order chi connectivity index (χ1) is 7.83. The van der Waals surface area contributed by atoms with Crippen molar-refractivity contribution in [1.82, 2.24) is 4.98 Å². The minimum absolute atomic E-state index is 0.585. The molecule has 3 nitrogen and oxygen atoms in total. The van der Waals surface area contributed by atoms with Gasteiger partial charge in [0, 0.05) is 11.6 Å². The Balaban J connectivity index is 2.39. The minimum Gasteiger partial charge on any atom is -0.481 e. The predicted molar refractivity (Wildman–Crippen MR) is 60.9 cm³/mol. The molecule has 0 amide bonds. The molecule has 0 aliphatic rings. The lowest BCUT2D eigenvalue weighted by Crippen LogP contribution is -1.89. The smallest absolute Gasteiger partial charge is 0.213 e. The number of methoxy groups -OCH3 is 1.